The lowest BCUT2D eigenvalue weighted by Gasteiger charge is -2.10. The highest BCUT2D eigenvalue weighted by Crippen LogP contribution is 2.10. The van der Waals surface area contributed by atoms with Gasteiger partial charge in [-0.3, -0.25) is 0 Å². The zero-order valence-electron chi connectivity index (χ0n) is 6.93. The van der Waals surface area contributed by atoms with E-state index >= 15 is 0 Å². The number of rotatable bonds is 1. The second-order valence-electron chi connectivity index (χ2n) is 2.67. The Morgan fingerprint density at radius 3 is 2.45 bits per heavy atom. The lowest BCUT2D eigenvalue weighted by atomic mass is 10.3. The van der Waals surface area contributed by atoms with Crippen LogP contribution in [0.4, 0.5) is 10.2 Å². The molecule has 0 unspecified atom stereocenters. The van der Waals surface area contributed by atoms with E-state index in [1.165, 1.54) is 0 Å². The SMILES string of the molecule is Cc1ccc(N(C)C)nc1F. The molecule has 0 aliphatic carbocycles. The number of halogens is 1. The van der Waals surface area contributed by atoms with Crippen LogP contribution in [0.5, 0.6) is 0 Å². The van der Waals surface area contributed by atoms with E-state index in [2.05, 4.69) is 4.98 Å². The van der Waals surface area contributed by atoms with Gasteiger partial charge in [0.1, 0.15) is 5.82 Å². The van der Waals surface area contributed by atoms with Crippen LogP contribution in [0.3, 0.4) is 0 Å². The van der Waals surface area contributed by atoms with E-state index in [-0.39, 0.29) is 0 Å². The number of pyridine rings is 1. The van der Waals surface area contributed by atoms with Crippen molar-refractivity contribution in [3.63, 3.8) is 0 Å². The highest BCUT2D eigenvalue weighted by molar-refractivity contribution is 5.37. The molecule has 1 rings (SSSR count). The van der Waals surface area contributed by atoms with Crippen molar-refractivity contribution in [1.82, 2.24) is 4.98 Å². The fourth-order valence-corrected chi connectivity index (χ4v) is 0.743. The van der Waals surface area contributed by atoms with Crippen LogP contribution >= 0.6 is 0 Å². The molecule has 0 radical (unpaired) electrons. The van der Waals surface area contributed by atoms with Gasteiger partial charge in [0, 0.05) is 19.7 Å². The van der Waals surface area contributed by atoms with Crippen LogP contribution in [0.25, 0.3) is 0 Å². The van der Waals surface area contributed by atoms with Gasteiger partial charge in [-0.05, 0) is 13.0 Å². The highest BCUT2D eigenvalue weighted by atomic mass is 19.1. The minimum atomic E-state index is -0.392. The van der Waals surface area contributed by atoms with Crippen molar-refractivity contribution in [2.75, 3.05) is 19.0 Å². The average Bonchev–Trinajstić information content (AvgIpc) is 1.94. The van der Waals surface area contributed by atoms with Crippen LogP contribution in [0.1, 0.15) is 5.56 Å². The predicted molar refractivity (Wildman–Crippen MR) is 43.3 cm³/mol. The average molecular weight is 154 g/mol. The molecule has 0 aromatic carbocycles. The summed E-state index contributed by atoms with van der Waals surface area (Å²) in [5.41, 5.74) is 0.579. The third-order valence-corrected chi connectivity index (χ3v) is 1.48. The topological polar surface area (TPSA) is 16.1 Å². The van der Waals surface area contributed by atoms with Gasteiger partial charge in [0.05, 0.1) is 0 Å². The fraction of sp³-hybridized carbons (Fsp3) is 0.375. The molecule has 60 valence electrons. The highest BCUT2D eigenvalue weighted by Gasteiger charge is 2.01. The summed E-state index contributed by atoms with van der Waals surface area (Å²) in [5.74, 6) is 0.254. The van der Waals surface area contributed by atoms with Crippen molar-refractivity contribution < 1.29 is 4.39 Å². The maximum atomic E-state index is 12.8. The van der Waals surface area contributed by atoms with E-state index in [0.29, 0.717) is 11.4 Å². The molecular formula is C8H11FN2. The van der Waals surface area contributed by atoms with Gasteiger partial charge >= 0.3 is 0 Å². The van der Waals surface area contributed by atoms with Crippen molar-refractivity contribution in [3.8, 4) is 0 Å². The molecule has 2 nitrogen and oxygen atoms in total. The Morgan fingerprint density at radius 1 is 1.36 bits per heavy atom. The molecule has 0 N–H and O–H groups in total. The number of hydrogen-bond donors (Lipinski definition) is 0. The number of aryl methyl sites for hydroxylation is 1. The summed E-state index contributed by atoms with van der Waals surface area (Å²) in [6, 6.07) is 3.51. The standard InChI is InChI=1S/C8H11FN2/c1-6-4-5-7(11(2)3)10-8(6)9/h4-5H,1-3H3. The van der Waals surface area contributed by atoms with Gasteiger partial charge in [0.2, 0.25) is 5.95 Å². The summed E-state index contributed by atoms with van der Waals surface area (Å²) in [5, 5.41) is 0. The van der Waals surface area contributed by atoms with Gasteiger partial charge in [-0.1, -0.05) is 6.07 Å². The zero-order chi connectivity index (χ0) is 8.43. The predicted octanol–water partition coefficient (Wildman–Crippen LogP) is 1.60. The second kappa shape index (κ2) is 2.86. The molecule has 0 bridgehead atoms. The Hall–Kier alpha value is -1.12. The minimum Gasteiger partial charge on any atom is -0.363 e. The fourth-order valence-electron chi connectivity index (χ4n) is 0.743. The third kappa shape index (κ3) is 1.67. The van der Waals surface area contributed by atoms with E-state index in [4.69, 9.17) is 0 Å². The molecule has 1 heterocycles. The molecule has 0 aliphatic heterocycles. The molecular weight excluding hydrogens is 143 g/mol. The second-order valence-corrected chi connectivity index (χ2v) is 2.67. The van der Waals surface area contributed by atoms with Crippen molar-refractivity contribution in [1.29, 1.82) is 0 Å². The van der Waals surface area contributed by atoms with Gasteiger partial charge in [-0.15, -0.1) is 0 Å². The minimum absolute atomic E-state index is 0.392. The molecule has 0 amide bonds. The first-order valence-electron chi connectivity index (χ1n) is 3.41. The Labute approximate surface area is 65.7 Å². The molecule has 0 aliphatic rings. The van der Waals surface area contributed by atoms with Crippen LogP contribution in [0.2, 0.25) is 0 Å². The van der Waals surface area contributed by atoms with Crippen molar-refractivity contribution in [3.05, 3.63) is 23.6 Å². The molecule has 1 aromatic heterocycles. The van der Waals surface area contributed by atoms with E-state index in [1.807, 2.05) is 14.1 Å². The lowest BCUT2D eigenvalue weighted by molar-refractivity contribution is 0.574. The Bertz CT molecular complexity index is 258. The number of hydrogen-bond acceptors (Lipinski definition) is 2. The molecule has 0 spiro atoms. The first-order valence-corrected chi connectivity index (χ1v) is 3.41. The lowest BCUT2D eigenvalue weighted by Crippen LogP contribution is -2.11. The molecule has 11 heavy (non-hydrogen) atoms. The first kappa shape index (κ1) is 7.98. The van der Waals surface area contributed by atoms with Gasteiger partial charge in [-0.25, -0.2) is 4.98 Å². The van der Waals surface area contributed by atoms with Crippen LogP contribution in [-0.4, -0.2) is 19.1 Å². The van der Waals surface area contributed by atoms with Gasteiger partial charge in [0.15, 0.2) is 0 Å². The molecule has 3 heteroatoms. The number of anilines is 1. The summed E-state index contributed by atoms with van der Waals surface area (Å²) < 4.78 is 12.8. The maximum Gasteiger partial charge on any atom is 0.217 e. The number of aromatic nitrogens is 1. The Balaban J connectivity index is 3.05. The van der Waals surface area contributed by atoms with Crippen LogP contribution < -0.4 is 4.90 Å². The molecule has 0 fully saturated rings. The third-order valence-electron chi connectivity index (χ3n) is 1.48. The van der Waals surface area contributed by atoms with Gasteiger partial charge in [-0.2, -0.15) is 4.39 Å². The largest absolute Gasteiger partial charge is 0.363 e. The van der Waals surface area contributed by atoms with E-state index in [9.17, 15) is 4.39 Å². The molecule has 0 saturated heterocycles. The quantitative estimate of drug-likeness (QED) is 0.571. The van der Waals surface area contributed by atoms with Crippen molar-refractivity contribution >= 4 is 5.82 Å². The van der Waals surface area contributed by atoms with Crippen LogP contribution in [0.15, 0.2) is 12.1 Å². The van der Waals surface area contributed by atoms with Gasteiger partial charge < -0.3 is 4.90 Å². The zero-order valence-corrected chi connectivity index (χ0v) is 6.93. The summed E-state index contributed by atoms with van der Waals surface area (Å²) in [6.07, 6.45) is 0. The summed E-state index contributed by atoms with van der Waals surface area (Å²) in [6.45, 7) is 1.70. The summed E-state index contributed by atoms with van der Waals surface area (Å²) in [7, 11) is 3.66. The smallest absolute Gasteiger partial charge is 0.217 e. The first-order chi connectivity index (χ1) is 5.11. The molecule has 0 atom stereocenters. The van der Waals surface area contributed by atoms with Crippen LogP contribution in [-0.2, 0) is 0 Å². The van der Waals surface area contributed by atoms with Crippen molar-refractivity contribution in [2.24, 2.45) is 0 Å². The number of nitrogens with zero attached hydrogens (tertiary/aromatic N) is 2. The molecule has 0 saturated carbocycles. The molecule has 1 aromatic rings. The van der Waals surface area contributed by atoms with E-state index in [0.717, 1.165) is 0 Å². The Morgan fingerprint density at radius 2 is 2.00 bits per heavy atom. The Kier molecular flexibility index (Phi) is 2.08. The van der Waals surface area contributed by atoms with Crippen LogP contribution in [0, 0.1) is 12.9 Å². The maximum absolute atomic E-state index is 12.8. The summed E-state index contributed by atoms with van der Waals surface area (Å²) in [4.78, 5) is 5.50. The monoisotopic (exact) mass is 154 g/mol. The normalized spacial score (nSPS) is 9.82. The summed E-state index contributed by atoms with van der Waals surface area (Å²) >= 11 is 0. The van der Waals surface area contributed by atoms with E-state index < -0.39 is 5.95 Å². The van der Waals surface area contributed by atoms with Crippen molar-refractivity contribution in [2.45, 2.75) is 6.92 Å². The van der Waals surface area contributed by atoms with E-state index in [1.54, 1.807) is 24.0 Å². The van der Waals surface area contributed by atoms with Gasteiger partial charge in [0.25, 0.3) is 0 Å².